The van der Waals surface area contributed by atoms with Gasteiger partial charge in [-0.2, -0.15) is 39.5 Å². The smallest absolute Gasteiger partial charge is 0.373 e. The molecule has 0 spiro atoms. The van der Waals surface area contributed by atoms with Gasteiger partial charge in [0.25, 0.3) is 0 Å². The number of ether oxygens (including phenoxy) is 1. The molecular weight excluding hydrogens is 271 g/mol. The van der Waals surface area contributed by atoms with Gasteiger partial charge in [0.15, 0.2) is 0 Å². The molecule has 10 heteroatoms. The third-order valence-corrected chi connectivity index (χ3v) is 2.10. The first kappa shape index (κ1) is 14.4. The molecular formula is C7H5F9O. The fraction of sp³-hybridized carbons (Fsp3) is 1.00. The van der Waals surface area contributed by atoms with Crippen LogP contribution in [0.4, 0.5) is 39.5 Å². The largest absolute Gasteiger partial charge is 0.460 e. The second kappa shape index (κ2) is 3.66. The molecule has 1 fully saturated rings. The van der Waals surface area contributed by atoms with Gasteiger partial charge in [-0.3, -0.25) is 0 Å². The molecule has 17 heavy (non-hydrogen) atoms. The Balaban J connectivity index is 2.98. The van der Waals surface area contributed by atoms with Gasteiger partial charge >= 0.3 is 23.9 Å². The fourth-order valence-electron chi connectivity index (χ4n) is 1.01. The van der Waals surface area contributed by atoms with Crippen LogP contribution >= 0.6 is 0 Å². The molecule has 1 aliphatic heterocycles. The third-order valence-electron chi connectivity index (χ3n) is 2.10. The Kier molecular flexibility index (Phi) is 3.10. The molecule has 1 rings (SSSR count). The van der Waals surface area contributed by atoms with Gasteiger partial charge in [-0.1, -0.05) is 0 Å². The quantitative estimate of drug-likeness (QED) is 0.567. The minimum Gasteiger partial charge on any atom is -0.373 e. The molecule has 0 aromatic heterocycles. The number of halogens is 9. The van der Waals surface area contributed by atoms with Crippen LogP contribution in [-0.4, -0.2) is 36.7 Å². The van der Waals surface area contributed by atoms with Crippen molar-refractivity contribution in [1.82, 2.24) is 0 Å². The van der Waals surface area contributed by atoms with Gasteiger partial charge in [0.2, 0.25) is 0 Å². The van der Waals surface area contributed by atoms with Crippen molar-refractivity contribution in [3.63, 3.8) is 0 Å². The van der Waals surface area contributed by atoms with E-state index in [9.17, 15) is 39.5 Å². The van der Waals surface area contributed by atoms with Crippen LogP contribution in [0.15, 0.2) is 0 Å². The van der Waals surface area contributed by atoms with Crippen molar-refractivity contribution in [3.8, 4) is 0 Å². The third kappa shape index (κ3) is 2.31. The van der Waals surface area contributed by atoms with Gasteiger partial charge in [-0.25, -0.2) is 0 Å². The zero-order valence-corrected chi connectivity index (χ0v) is 7.80. The summed E-state index contributed by atoms with van der Waals surface area (Å²) in [6, 6.07) is 0. The highest BCUT2D eigenvalue weighted by atomic mass is 19.4. The van der Waals surface area contributed by atoms with Crippen LogP contribution in [0.5, 0.6) is 0 Å². The van der Waals surface area contributed by atoms with E-state index in [1.807, 2.05) is 0 Å². The van der Waals surface area contributed by atoms with Gasteiger partial charge < -0.3 is 4.74 Å². The van der Waals surface area contributed by atoms with Crippen molar-refractivity contribution in [2.75, 3.05) is 6.61 Å². The zero-order valence-electron chi connectivity index (χ0n) is 7.80. The van der Waals surface area contributed by atoms with Crippen LogP contribution in [0.3, 0.4) is 0 Å². The summed E-state index contributed by atoms with van der Waals surface area (Å²) in [5.41, 5.74) is 0. The summed E-state index contributed by atoms with van der Waals surface area (Å²) in [7, 11) is 0. The first-order valence-corrected chi connectivity index (χ1v) is 4.15. The molecule has 1 nitrogen and oxygen atoms in total. The molecule has 0 N–H and O–H groups in total. The van der Waals surface area contributed by atoms with E-state index in [4.69, 9.17) is 0 Å². The number of alkyl halides is 9. The van der Waals surface area contributed by atoms with Gasteiger partial charge in [-0.15, -0.1) is 0 Å². The summed E-state index contributed by atoms with van der Waals surface area (Å²) >= 11 is 0. The molecule has 0 bridgehead atoms. The first-order valence-electron chi connectivity index (χ1n) is 4.15. The molecule has 0 aromatic rings. The topological polar surface area (TPSA) is 12.5 Å². The predicted octanol–water partition coefficient (Wildman–Crippen LogP) is 3.24. The van der Waals surface area contributed by atoms with E-state index in [0.29, 0.717) is 0 Å². The highest BCUT2D eigenvalue weighted by Gasteiger charge is 2.81. The molecule has 0 radical (unpaired) electrons. The van der Waals surface area contributed by atoms with Crippen molar-refractivity contribution in [2.24, 2.45) is 0 Å². The Morgan fingerprint density at radius 2 is 1.24 bits per heavy atom. The lowest BCUT2D eigenvalue weighted by Crippen LogP contribution is -2.61. The van der Waals surface area contributed by atoms with E-state index in [1.54, 1.807) is 0 Å². The van der Waals surface area contributed by atoms with E-state index in [2.05, 4.69) is 4.74 Å². The molecule has 1 heterocycles. The van der Waals surface area contributed by atoms with Crippen molar-refractivity contribution in [1.29, 1.82) is 0 Å². The molecule has 1 atom stereocenters. The number of rotatable bonds is 4. The van der Waals surface area contributed by atoms with Gasteiger partial charge in [0, 0.05) is 6.42 Å². The molecule has 1 aliphatic rings. The molecule has 1 unspecified atom stereocenters. The highest BCUT2D eigenvalue weighted by Crippen LogP contribution is 2.54. The molecule has 0 aromatic carbocycles. The van der Waals surface area contributed by atoms with Crippen molar-refractivity contribution in [3.05, 3.63) is 0 Å². The Hall–Kier alpha value is -0.670. The SMILES string of the molecule is FC(F)(F)C(F)(F)C(F)(F)C(F)(F)CC1CO1. The lowest BCUT2D eigenvalue weighted by atomic mass is 10.00. The highest BCUT2D eigenvalue weighted by molar-refractivity contribution is 5.01. The molecule has 0 aliphatic carbocycles. The normalized spacial score (nSPS) is 22.8. The van der Waals surface area contributed by atoms with Gasteiger partial charge in [0.05, 0.1) is 12.7 Å². The minimum atomic E-state index is -6.81. The van der Waals surface area contributed by atoms with Crippen molar-refractivity contribution in [2.45, 2.75) is 36.5 Å². The van der Waals surface area contributed by atoms with E-state index in [-0.39, 0.29) is 6.61 Å². The van der Waals surface area contributed by atoms with Crippen molar-refractivity contribution < 1.29 is 44.3 Å². The maximum Gasteiger partial charge on any atom is 0.460 e. The standard InChI is InChI=1S/C7H5F9O/c8-4(9,1-3-2-17-3)5(10,11)6(12,13)7(14,15)16/h3H,1-2H2. The Morgan fingerprint density at radius 3 is 1.53 bits per heavy atom. The average molecular weight is 276 g/mol. The zero-order chi connectivity index (χ0) is 13.7. The van der Waals surface area contributed by atoms with Crippen LogP contribution in [0, 0.1) is 0 Å². The van der Waals surface area contributed by atoms with Gasteiger partial charge in [-0.05, 0) is 0 Å². The maximum atomic E-state index is 12.7. The monoisotopic (exact) mass is 276 g/mol. The summed E-state index contributed by atoms with van der Waals surface area (Å²) in [6.45, 7) is -0.372. The molecule has 102 valence electrons. The second-order valence-corrected chi connectivity index (χ2v) is 3.51. The first-order chi connectivity index (χ1) is 7.33. The lowest BCUT2D eigenvalue weighted by Gasteiger charge is -2.33. The maximum absolute atomic E-state index is 12.7. The summed E-state index contributed by atoms with van der Waals surface area (Å²) in [4.78, 5) is 0. The van der Waals surface area contributed by atoms with E-state index < -0.39 is 36.5 Å². The van der Waals surface area contributed by atoms with E-state index in [0.717, 1.165) is 0 Å². The van der Waals surface area contributed by atoms with E-state index >= 15 is 0 Å². The predicted molar refractivity (Wildman–Crippen MR) is 35.3 cm³/mol. The van der Waals surface area contributed by atoms with Crippen LogP contribution in [0.25, 0.3) is 0 Å². The number of hydrogen-bond acceptors (Lipinski definition) is 1. The van der Waals surface area contributed by atoms with Crippen LogP contribution in [0.2, 0.25) is 0 Å². The van der Waals surface area contributed by atoms with Crippen LogP contribution < -0.4 is 0 Å². The summed E-state index contributed by atoms with van der Waals surface area (Å²) < 4.78 is 114. The summed E-state index contributed by atoms with van der Waals surface area (Å²) in [5, 5.41) is 0. The second-order valence-electron chi connectivity index (χ2n) is 3.51. The van der Waals surface area contributed by atoms with Crippen LogP contribution in [0.1, 0.15) is 6.42 Å². The summed E-state index contributed by atoms with van der Waals surface area (Å²) in [5.74, 6) is -18.8. The number of hydrogen-bond donors (Lipinski definition) is 0. The molecule has 1 saturated heterocycles. The fourth-order valence-corrected chi connectivity index (χ4v) is 1.01. The molecule has 0 amide bonds. The Bertz CT molecular complexity index is 290. The van der Waals surface area contributed by atoms with Crippen LogP contribution in [-0.2, 0) is 4.74 Å². The molecule has 0 saturated carbocycles. The number of epoxide rings is 1. The van der Waals surface area contributed by atoms with E-state index in [1.165, 1.54) is 0 Å². The average Bonchev–Trinajstić information content (AvgIpc) is 2.84. The summed E-state index contributed by atoms with van der Waals surface area (Å²) in [6.07, 6.45) is -10.1. The van der Waals surface area contributed by atoms with Gasteiger partial charge in [0.1, 0.15) is 0 Å². The lowest BCUT2D eigenvalue weighted by molar-refractivity contribution is -0.397. The van der Waals surface area contributed by atoms with Crippen molar-refractivity contribution >= 4 is 0 Å². The Morgan fingerprint density at radius 1 is 0.824 bits per heavy atom. The minimum absolute atomic E-state index is 0.372. The Labute approximate surface area is 88.5 Å².